The number of carbonyl (C=O) groups excluding carboxylic acids is 2. The first-order valence-corrected chi connectivity index (χ1v) is 9.12. The van der Waals surface area contributed by atoms with Gasteiger partial charge in [0, 0.05) is 25.3 Å². The van der Waals surface area contributed by atoms with Gasteiger partial charge in [0.15, 0.2) is 5.69 Å². The molecule has 0 unspecified atom stereocenters. The van der Waals surface area contributed by atoms with Crippen LogP contribution >= 0.6 is 0 Å². The Labute approximate surface area is 158 Å². The van der Waals surface area contributed by atoms with E-state index in [2.05, 4.69) is 10.3 Å². The minimum atomic E-state index is -0.279. The SMILES string of the molecule is CCN(Cc1ccccc1)C(=O)c1nc(C(=O)NC(C)C)c2ccccn12. The van der Waals surface area contributed by atoms with Crippen molar-refractivity contribution in [3.05, 3.63) is 71.8 Å². The lowest BCUT2D eigenvalue weighted by molar-refractivity contribution is 0.0739. The molecule has 6 nitrogen and oxygen atoms in total. The number of amides is 2. The van der Waals surface area contributed by atoms with E-state index >= 15 is 0 Å². The first-order valence-electron chi connectivity index (χ1n) is 9.12. The third-order valence-electron chi connectivity index (χ3n) is 4.26. The maximum Gasteiger partial charge on any atom is 0.290 e. The molecule has 2 aromatic heterocycles. The van der Waals surface area contributed by atoms with Gasteiger partial charge in [-0.2, -0.15) is 0 Å². The number of fused-ring (bicyclic) bond motifs is 1. The lowest BCUT2D eigenvalue weighted by Crippen LogP contribution is -2.32. The summed E-state index contributed by atoms with van der Waals surface area (Å²) in [6.07, 6.45) is 1.76. The molecule has 1 N–H and O–H groups in total. The molecule has 0 atom stereocenters. The summed E-state index contributed by atoms with van der Waals surface area (Å²) in [5.74, 6) is -0.234. The summed E-state index contributed by atoms with van der Waals surface area (Å²) in [7, 11) is 0. The number of nitrogens with zero attached hydrogens (tertiary/aromatic N) is 3. The van der Waals surface area contributed by atoms with Gasteiger partial charge in [-0.3, -0.25) is 14.0 Å². The molecule has 0 spiro atoms. The molecule has 0 aliphatic rings. The molecule has 0 bridgehead atoms. The molecule has 3 aromatic rings. The van der Waals surface area contributed by atoms with Crippen molar-refractivity contribution < 1.29 is 9.59 Å². The van der Waals surface area contributed by atoms with Crippen molar-refractivity contribution in [2.45, 2.75) is 33.4 Å². The van der Waals surface area contributed by atoms with Gasteiger partial charge < -0.3 is 10.2 Å². The number of carbonyl (C=O) groups is 2. The third kappa shape index (κ3) is 4.00. The monoisotopic (exact) mass is 364 g/mol. The van der Waals surface area contributed by atoms with Crippen molar-refractivity contribution in [1.82, 2.24) is 19.6 Å². The van der Waals surface area contributed by atoms with Crippen molar-refractivity contribution in [2.75, 3.05) is 6.54 Å². The highest BCUT2D eigenvalue weighted by Crippen LogP contribution is 2.16. The second kappa shape index (κ2) is 8.03. The van der Waals surface area contributed by atoms with Crippen molar-refractivity contribution in [3.8, 4) is 0 Å². The Morgan fingerprint density at radius 3 is 2.48 bits per heavy atom. The van der Waals surface area contributed by atoms with Gasteiger partial charge >= 0.3 is 0 Å². The summed E-state index contributed by atoms with van der Waals surface area (Å²) in [4.78, 5) is 31.8. The van der Waals surface area contributed by atoms with Crippen LogP contribution in [0.15, 0.2) is 54.7 Å². The minimum Gasteiger partial charge on any atom is -0.348 e. The number of aromatic nitrogens is 2. The Balaban J connectivity index is 1.97. The quantitative estimate of drug-likeness (QED) is 0.731. The number of nitrogens with one attached hydrogen (secondary N) is 1. The third-order valence-corrected chi connectivity index (χ3v) is 4.26. The highest BCUT2D eigenvalue weighted by atomic mass is 16.2. The van der Waals surface area contributed by atoms with Crippen molar-refractivity contribution >= 4 is 17.3 Å². The average molecular weight is 364 g/mol. The maximum absolute atomic E-state index is 13.2. The summed E-state index contributed by atoms with van der Waals surface area (Å²) in [6.45, 7) is 6.75. The van der Waals surface area contributed by atoms with E-state index in [4.69, 9.17) is 0 Å². The van der Waals surface area contributed by atoms with Crippen LogP contribution in [0.4, 0.5) is 0 Å². The zero-order chi connectivity index (χ0) is 19.4. The number of benzene rings is 1. The summed E-state index contributed by atoms with van der Waals surface area (Å²) < 4.78 is 1.69. The van der Waals surface area contributed by atoms with Gasteiger partial charge in [0.1, 0.15) is 0 Å². The van der Waals surface area contributed by atoms with Crippen LogP contribution in [0.3, 0.4) is 0 Å². The summed E-state index contributed by atoms with van der Waals surface area (Å²) in [5, 5.41) is 2.85. The minimum absolute atomic E-state index is 0.0117. The molecular formula is C21H24N4O2. The van der Waals surface area contributed by atoms with Gasteiger partial charge in [-0.1, -0.05) is 36.4 Å². The van der Waals surface area contributed by atoms with Crippen molar-refractivity contribution in [3.63, 3.8) is 0 Å². The molecule has 27 heavy (non-hydrogen) atoms. The zero-order valence-corrected chi connectivity index (χ0v) is 15.8. The highest BCUT2D eigenvalue weighted by Gasteiger charge is 2.24. The van der Waals surface area contributed by atoms with Crippen LogP contribution in [0, 0.1) is 0 Å². The standard InChI is InChI=1S/C21H24N4O2/c1-4-24(14-16-10-6-5-7-11-16)21(27)19-23-18(20(26)22-15(2)3)17-12-8-9-13-25(17)19/h5-13,15H,4,14H2,1-3H3,(H,22,26). The smallest absolute Gasteiger partial charge is 0.290 e. The first kappa shape index (κ1) is 18.6. The number of rotatable bonds is 6. The average Bonchev–Trinajstić information content (AvgIpc) is 3.06. The number of pyridine rings is 1. The summed E-state index contributed by atoms with van der Waals surface area (Å²) >= 11 is 0. The van der Waals surface area contributed by atoms with E-state index in [9.17, 15) is 9.59 Å². The van der Waals surface area contributed by atoms with Crippen LogP contribution in [0.5, 0.6) is 0 Å². The molecule has 2 amide bonds. The van der Waals surface area contributed by atoms with E-state index < -0.39 is 0 Å². The molecule has 0 saturated carbocycles. The van der Waals surface area contributed by atoms with Gasteiger partial charge in [0.25, 0.3) is 11.8 Å². The fourth-order valence-corrected chi connectivity index (χ4v) is 2.96. The molecule has 0 fully saturated rings. The van der Waals surface area contributed by atoms with Gasteiger partial charge in [0.2, 0.25) is 5.82 Å². The molecule has 0 aliphatic heterocycles. The normalized spacial score (nSPS) is 11.0. The fraction of sp³-hybridized carbons (Fsp3) is 0.286. The van der Waals surface area contributed by atoms with Gasteiger partial charge in [-0.15, -0.1) is 0 Å². The van der Waals surface area contributed by atoms with Gasteiger partial charge in [0.05, 0.1) is 5.52 Å². The zero-order valence-electron chi connectivity index (χ0n) is 15.8. The van der Waals surface area contributed by atoms with E-state index in [-0.39, 0.29) is 29.4 Å². The van der Waals surface area contributed by atoms with E-state index in [0.717, 1.165) is 5.56 Å². The van der Waals surface area contributed by atoms with E-state index in [0.29, 0.717) is 18.6 Å². The Hall–Kier alpha value is -3.15. The van der Waals surface area contributed by atoms with Crippen molar-refractivity contribution in [1.29, 1.82) is 0 Å². The Morgan fingerprint density at radius 1 is 1.11 bits per heavy atom. The largest absolute Gasteiger partial charge is 0.348 e. The summed E-state index contributed by atoms with van der Waals surface area (Å²) in [5.41, 5.74) is 1.93. The lowest BCUT2D eigenvalue weighted by Gasteiger charge is -2.20. The molecule has 6 heteroatoms. The van der Waals surface area contributed by atoms with Crippen LogP contribution < -0.4 is 5.32 Å². The molecule has 140 valence electrons. The highest BCUT2D eigenvalue weighted by molar-refractivity contribution is 6.02. The summed E-state index contributed by atoms with van der Waals surface area (Å²) in [6, 6.07) is 15.3. The Kier molecular flexibility index (Phi) is 5.54. The predicted octanol–water partition coefficient (Wildman–Crippen LogP) is 3.13. The van der Waals surface area contributed by atoms with Crippen molar-refractivity contribution in [2.24, 2.45) is 0 Å². The Bertz CT molecular complexity index is 947. The van der Waals surface area contributed by atoms with Gasteiger partial charge in [-0.05, 0) is 38.5 Å². The predicted molar refractivity (Wildman–Crippen MR) is 105 cm³/mol. The van der Waals surface area contributed by atoms with E-state index in [1.807, 2.05) is 63.2 Å². The van der Waals surface area contributed by atoms with Crippen LogP contribution in [-0.4, -0.2) is 38.7 Å². The van der Waals surface area contributed by atoms with Gasteiger partial charge in [-0.25, -0.2) is 4.98 Å². The number of imidazole rings is 1. The van der Waals surface area contributed by atoms with Crippen LogP contribution in [0.25, 0.3) is 5.52 Å². The van der Waals surface area contributed by atoms with E-state index in [1.165, 1.54) is 0 Å². The van der Waals surface area contributed by atoms with E-state index in [1.54, 1.807) is 21.6 Å². The topological polar surface area (TPSA) is 66.7 Å². The molecule has 0 saturated heterocycles. The second-order valence-corrected chi connectivity index (χ2v) is 6.67. The van der Waals surface area contributed by atoms with Crippen LogP contribution in [0.1, 0.15) is 47.4 Å². The molecular weight excluding hydrogens is 340 g/mol. The lowest BCUT2D eigenvalue weighted by atomic mass is 10.2. The maximum atomic E-state index is 13.2. The van der Waals surface area contributed by atoms with Crippen LogP contribution in [-0.2, 0) is 6.54 Å². The number of hydrogen-bond acceptors (Lipinski definition) is 3. The van der Waals surface area contributed by atoms with Crippen LogP contribution in [0.2, 0.25) is 0 Å². The first-order chi connectivity index (χ1) is 13.0. The molecule has 3 rings (SSSR count). The Morgan fingerprint density at radius 2 is 1.81 bits per heavy atom. The number of hydrogen-bond donors (Lipinski definition) is 1. The second-order valence-electron chi connectivity index (χ2n) is 6.67. The molecule has 0 radical (unpaired) electrons. The molecule has 1 aromatic carbocycles. The fourth-order valence-electron chi connectivity index (χ4n) is 2.96. The molecule has 2 heterocycles. The molecule has 0 aliphatic carbocycles.